The number of benzene rings is 1. The van der Waals surface area contributed by atoms with Gasteiger partial charge in [0, 0.05) is 37.5 Å². The van der Waals surface area contributed by atoms with Crippen LogP contribution in [0.3, 0.4) is 0 Å². The Labute approximate surface area is 119 Å². The summed E-state index contributed by atoms with van der Waals surface area (Å²) in [5, 5.41) is 4.44. The van der Waals surface area contributed by atoms with E-state index in [1.165, 1.54) is 5.56 Å². The van der Waals surface area contributed by atoms with Crippen molar-refractivity contribution >= 4 is 11.6 Å². The van der Waals surface area contributed by atoms with E-state index in [4.69, 9.17) is 0 Å². The van der Waals surface area contributed by atoms with Crippen molar-refractivity contribution in [3.05, 3.63) is 36.0 Å². The van der Waals surface area contributed by atoms with E-state index in [1.54, 1.807) is 11.6 Å². The lowest BCUT2D eigenvalue weighted by Crippen LogP contribution is -2.40. The largest absolute Gasteiger partial charge is 0.310 e. The maximum atomic E-state index is 11.8. The van der Waals surface area contributed by atoms with Crippen LogP contribution in [0.4, 0.5) is 5.69 Å². The number of carbonyl (C=O) groups excluding carboxylic acids is 1. The number of carbonyl (C=O) groups is 1. The molecule has 4 nitrogen and oxygen atoms in total. The lowest BCUT2D eigenvalue weighted by atomic mass is 9.94. The first-order valence-electron chi connectivity index (χ1n) is 6.99. The summed E-state index contributed by atoms with van der Waals surface area (Å²) in [4.78, 5) is 13.7. The SMILES string of the molecule is CC(=O)N1c2ccc(-c3ccn(C)n3)cc2CC[C@@H]1C. The molecular weight excluding hydrogens is 250 g/mol. The normalized spacial score (nSPS) is 17.9. The van der Waals surface area contributed by atoms with Gasteiger partial charge >= 0.3 is 0 Å². The first-order valence-corrected chi connectivity index (χ1v) is 6.99. The first kappa shape index (κ1) is 12.9. The summed E-state index contributed by atoms with van der Waals surface area (Å²) in [5.74, 6) is 0.115. The molecule has 104 valence electrons. The number of hydrogen-bond acceptors (Lipinski definition) is 2. The Balaban J connectivity index is 2.03. The number of amides is 1. The molecule has 0 fully saturated rings. The molecule has 1 aromatic heterocycles. The van der Waals surface area contributed by atoms with Crippen LogP contribution >= 0.6 is 0 Å². The number of aryl methyl sites for hydroxylation is 2. The van der Waals surface area contributed by atoms with Crippen LogP contribution < -0.4 is 4.90 Å². The highest BCUT2D eigenvalue weighted by atomic mass is 16.2. The van der Waals surface area contributed by atoms with Gasteiger partial charge in [0.15, 0.2) is 0 Å². The van der Waals surface area contributed by atoms with Gasteiger partial charge in [-0.15, -0.1) is 0 Å². The number of rotatable bonds is 1. The summed E-state index contributed by atoms with van der Waals surface area (Å²) in [6.45, 7) is 3.75. The van der Waals surface area contributed by atoms with E-state index in [-0.39, 0.29) is 11.9 Å². The molecule has 0 bridgehead atoms. The Morgan fingerprint density at radius 3 is 2.80 bits per heavy atom. The summed E-state index contributed by atoms with van der Waals surface area (Å²) >= 11 is 0. The number of nitrogens with zero attached hydrogens (tertiary/aromatic N) is 3. The van der Waals surface area contributed by atoms with Crippen LogP contribution in [0.5, 0.6) is 0 Å². The van der Waals surface area contributed by atoms with Gasteiger partial charge in [0.05, 0.1) is 5.69 Å². The van der Waals surface area contributed by atoms with Crippen LogP contribution in [0.1, 0.15) is 25.8 Å². The molecule has 0 spiro atoms. The Bertz CT molecular complexity index is 659. The monoisotopic (exact) mass is 269 g/mol. The lowest BCUT2D eigenvalue weighted by molar-refractivity contribution is -0.117. The van der Waals surface area contributed by atoms with Gasteiger partial charge in [-0.25, -0.2) is 0 Å². The summed E-state index contributed by atoms with van der Waals surface area (Å²) in [7, 11) is 1.92. The second kappa shape index (κ2) is 4.78. The Hall–Kier alpha value is -2.10. The molecule has 1 aliphatic heterocycles. The molecule has 1 aliphatic rings. The molecule has 2 heterocycles. The fourth-order valence-corrected chi connectivity index (χ4v) is 2.96. The van der Waals surface area contributed by atoms with Crippen LogP contribution in [0, 0.1) is 0 Å². The van der Waals surface area contributed by atoms with Crippen LogP contribution in [-0.4, -0.2) is 21.7 Å². The third-order valence-electron chi connectivity index (χ3n) is 3.96. The van der Waals surface area contributed by atoms with E-state index >= 15 is 0 Å². The third kappa shape index (κ3) is 2.11. The van der Waals surface area contributed by atoms with E-state index in [9.17, 15) is 4.79 Å². The Kier molecular flexibility index (Phi) is 3.08. The van der Waals surface area contributed by atoms with Crippen molar-refractivity contribution in [1.82, 2.24) is 9.78 Å². The van der Waals surface area contributed by atoms with E-state index in [1.807, 2.05) is 24.2 Å². The Morgan fingerprint density at radius 2 is 2.15 bits per heavy atom. The summed E-state index contributed by atoms with van der Waals surface area (Å²) in [5.41, 5.74) is 4.38. The van der Waals surface area contributed by atoms with Gasteiger partial charge in [0.25, 0.3) is 0 Å². The van der Waals surface area contributed by atoms with Crippen molar-refractivity contribution in [3.8, 4) is 11.3 Å². The van der Waals surface area contributed by atoms with Crippen LogP contribution in [0.2, 0.25) is 0 Å². The van der Waals surface area contributed by atoms with Crippen molar-refractivity contribution in [2.24, 2.45) is 7.05 Å². The minimum Gasteiger partial charge on any atom is -0.310 e. The summed E-state index contributed by atoms with van der Waals surface area (Å²) in [6, 6.07) is 8.56. The van der Waals surface area contributed by atoms with E-state index in [0.717, 1.165) is 29.8 Å². The van der Waals surface area contributed by atoms with Crippen molar-refractivity contribution < 1.29 is 4.79 Å². The molecule has 0 saturated carbocycles. The third-order valence-corrected chi connectivity index (χ3v) is 3.96. The van der Waals surface area contributed by atoms with Crippen molar-refractivity contribution in [3.63, 3.8) is 0 Å². The highest BCUT2D eigenvalue weighted by Gasteiger charge is 2.26. The minimum absolute atomic E-state index is 0.115. The van der Waals surface area contributed by atoms with Gasteiger partial charge in [0.1, 0.15) is 0 Å². The zero-order chi connectivity index (χ0) is 14.3. The van der Waals surface area contributed by atoms with Gasteiger partial charge in [-0.05, 0) is 43.5 Å². The van der Waals surface area contributed by atoms with E-state index < -0.39 is 0 Å². The molecular formula is C16H19N3O. The van der Waals surface area contributed by atoms with Crippen LogP contribution in [0.15, 0.2) is 30.5 Å². The molecule has 1 aromatic carbocycles. The maximum absolute atomic E-state index is 11.8. The van der Waals surface area contributed by atoms with Gasteiger partial charge < -0.3 is 4.90 Å². The number of aromatic nitrogens is 2. The zero-order valence-corrected chi connectivity index (χ0v) is 12.1. The molecule has 2 aromatic rings. The quantitative estimate of drug-likeness (QED) is 0.798. The highest BCUT2D eigenvalue weighted by molar-refractivity contribution is 5.93. The van der Waals surface area contributed by atoms with Crippen molar-refractivity contribution in [1.29, 1.82) is 0 Å². The molecule has 3 rings (SSSR count). The van der Waals surface area contributed by atoms with Gasteiger partial charge in [-0.3, -0.25) is 9.48 Å². The van der Waals surface area contributed by atoms with E-state index in [2.05, 4.69) is 30.2 Å². The molecule has 1 atom stereocenters. The predicted octanol–water partition coefficient (Wildman–Crippen LogP) is 2.77. The predicted molar refractivity (Wildman–Crippen MR) is 79.6 cm³/mol. The zero-order valence-electron chi connectivity index (χ0n) is 12.1. The number of anilines is 1. The van der Waals surface area contributed by atoms with Gasteiger partial charge in [-0.2, -0.15) is 5.10 Å². The van der Waals surface area contributed by atoms with E-state index in [0.29, 0.717) is 0 Å². The molecule has 0 aliphatic carbocycles. The van der Waals surface area contributed by atoms with Gasteiger partial charge in [0.2, 0.25) is 5.91 Å². The first-order chi connectivity index (χ1) is 9.56. The molecule has 0 N–H and O–H groups in total. The smallest absolute Gasteiger partial charge is 0.224 e. The minimum atomic E-state index is 0.115. The summed E-state index contributed by atoms with van der Waals surface area (Å²) in [6.07, 6.45) is 3.97. The van der Waals surface area contributed by atoms with Gasteiger partial charge in [-0.1, -0.05) is 6.07 Å². The molecule has 0 radical (unpaired) electrons. The average Bonchev–Trinajstić information content (AvgIpc) is 2.84. The second-order valence-electron chi connectivity index (χ2n) is 5.49. The number of fused-ring (bicyclic) bond motifs is 1. The molecule has 1 amide bonds. The topological polar surface area (TPSA) is 38.1 Å². The summed E-state index contributed by atoms with van der Waals surface area (Å²) < 4.78 is 1.80. The molecule has 20 heavy (non-hydrogen) atoms. The van der Waals surface area contributed by atoms with Crippen LogP contribution in [0.25, 0.3) is 11.3 Å². The van der Waals surface area contributed by atoms with Crippen molar-refractivity contribution in [2.75, 3.05) is 4.90 Å². The molecule has 0 saturated heterocycles. The second-order valence-corrected chi connectivity index (χ2v) is 5.49. The lowest BCUT2D eigenvalue weighted by Gasteiger charge is -2.34. The standard InChI is InChI=1S/C16H19N3O/c1-11-4-5-14-10-13(15-8-9-18(3)17-15)6-7-16(14)19(11)12(2)20/h6-11H,4-5H2,1-3H3/t11-/m0/s1. The number of hydrogen-bond donors (Lipinski definition) is 0. The van der Waals surface area contributed by atoms with Crippen LogP contribution in [-0.2, 0) is 18.3 Å². The molecule has 0 unspecified atom stereocenters. The fourth-order valence-electron chi connectivity index (χ4n) is 2.96. The Morgan fingerprint density at radius 1 is 1.35 bits per heavy atom. The highest BCUT2D eigenvalue weighted by Crippen LogP contribution is 2.33. The maximum Gasteiger partial charge on any atom is 0.224 e. The average molecular weight is 269 g/mol. The fraction of sp³-hybridized carbons (Fsp3) is 0.375. The molecule has 4 heteroatoms. The van der Waals surface area contributed by atoms with Crippen molar-refractivity contribution in [2.45, 2.75) is 32.7 Å².